The number of nitrogens with two attached hydrogens (primary N) is 1. The van der Waals surface area contributed by atoms with E-state index < -0.39 is 0 Å². The van der Waals surface area contributed by atoms with Crippen LogP contribution in [0.15, 0.2) is 6.07 Å². The lowest BCUT2D eigenvalue weighted by Gasteiger charge is -2.26. The minimum atomic E-state index is -0.0165. The molecule has 1 amide bonds. The van der Waals surface area contributed by atoms with Crippen molar-refractivity contribution in [3.05, 3.63) is 16.9 Å². The molecule has 0 aliphatic heterocycles. The molecule has 2 rings (SSSR count). The summed E-state index contributed by atoms with van der Waals surface area (Å²) in [6.07, 6.45) is 3.80. The van der Waals surface area contributed by atoms with Gasteiger partial charge in [0.15, 0.2) is 0 Å². The number of rotatable bonds is 3. The average molecular weight is 283 g/mol. The molecule has 0 saturated heterocycles. The van der Waals surface area contributed by atoms with Gasteiger partial charge in [0.1, 0.15) is 5.15 Å². The molecule has 0 atom stereocenters. The molecule has 1 aliphatic carbocycles. The normalized spacial score (nSPS) is 23.1. The molecule has 6 heteroatoms. The van der Waals surface area contributed by atoms with Crippen LogP contribution in [0.25, 0.3) is 0 Å². The molecule has 19 heavy (non-hydrogen) atoms. The molecule has 5 nitrogen and oxygen atoms in total. The number of anilines is 1. The molecule has 0 bridgehead atoms. The molecule has 0 aromatic carbocycles. The first-order valence-electron chi connectivity index (χ1n) is 6.60. The minimum Gasteiger partial charge on any atom is -0.330 e. The lowest BCUT2D eigenvalue weighted by Crippen LogP contribution is -2.30. The Labute approximate surface area is 118 Å². The van der Waals surface area contributed by atoms with Crippen LogP contribution >= 0.6 is 11.6 Å². The standard InChI is InChI=1S/C13H19ClN4O/c1-8-6-11(14)17-13(16-8)18-12(19)10-4-2-9(7-15)3-5-10/h6,9-10H,2-5,7,15H2,1H3,(H,16,17,18,19). The van der Waals surface area contributed by atoms with Gasteiger partial charge in [-0.15, -0.1) is 0 Å². The molecular weight excluding hydrogens is 264 g/mol. The molecule has 104 valence electrons. The predicted molar refractivity (Wildman–Crippen MR) is 74.9 cm³/mol. The third-order valence-corrected chi connectivity index (χ3v) is 3.80. The van der Waals surface area contributed by atoms with Crippen LogP contribution in [0.5, 0.6) is 0 Å². The van der Waals surface area contributed by atoms with E-state index in [1.54, 1.807) is 6.07 Å². The van der Waals surface area contributed by atoms with Crippen molar-refractivity contribution < 1.29 is 4.79 Å². The van der Waals surface area contributed by atoms with E-state index in [-0.39, 0.29) is 17.8 Å². The Morgan fingerprint density at radius 3 is 2.68 bits per heavy atom. The molecule has 1 aromatic heterocycles. The highest BCUT2D eigenvalue weighted by Crippen LogP contribution is 2.28. The third kappa shape index (κ3) is 3.88. The molecule has 0 spiro atoms. The van der Waals surface area contributed by atoms with E-state index in [0.717, 1.165) is 31.4 Å². The van der Waals surface area contributed by atoms with Gasteiger partial charge >= 0.3 is 0 Å². The summed E-state index contributed by atoms with van der Waals surface area (Å²) in [5.41, 5.74) is 6.38. The lowest BCUT2D eigenvalue weighted by molar-refractivity contribution is -0.121. The van der Waals surface area contributed by atoms with E-state index in [4.69, 9.17) is 17.3 Å². The maximum absolute atomic E-state index is 12.1. The van der Waals surface area contributed by atoms with Crippen LogP contribution in [0, 0.1) is 18.8 Å². The number of amides is 1. The van der Waals surface area contributed by atoms with E-state index in [1.807, 2.05) is 6.92 Å². The molecule has 1 heterocycles. The lowest BCUT2D eigenvalue weighted by atomic mass is 9.81. The first-order valence-corrected chi connectivity index (χ1v) is 6.98. The summed E-state index contributed by atoms with van der Waals surface area (Å²) in [5.74, 6) is 0.868. The van der Waals surface area contributed by atoms with Crippen molar-refractivity contribution in [3.63, 3.8) is 0 Å². The van der Waals surface area contributed by atoms with Crippen molar-refractivity contribution in [2.75, 3.05) is 11.9 Å². The van der Waals surface area contributed by atoms with Crippen molar-refractivity contribution >= 4 is 23.5 Å². The fourth-order valence-corrected chi connectivity index (χ4v) is 2.70. The van der Waals surface area contributed by atoms with Crippen LogP contribution in [0.2, 0.25) is 5.15 Å². The summed E-state index contributed by atoms with van der Waals surface area (Å²) in [5, 5.41) is 3.09. The first kappa shape index (κ1) is 14.2. The van der Waals surface area contributed by atoms with Gasteiger partial charge in [-0.25, -0.2) is 9.97 Å². The Bertz CT molecular complexity index is 438. The van der Waals surface area contributed by atoms with Gasteiger partial charge in [0.25, 0.3) is 0 Å². The Hall–Kier alpha value is -1.20. The highest BCUT2D eigenvalue weighted by atomic mass is 35.5. The summed E-state index contributed by atoms with van der Waals surface area (Å²) in [4.78, 5) is 20.3. The molecule has 0 radical (unpaired) electrons. The van der Waals surface area contributed by atoms with E-state index >= 15 is 0 Å². The number of aromatic nitrogens is 2. The maximum Gasteiger partial charge on any atom is 0.231 e. The van der Waals surface area contributed by atoms with Gasteiger partial charge in [-0.3, -0.25) is 10.1 Å². The Morgan fingerprint density at radius 2 is 2.11 bits per heavy atom. The summed E-state index contributed by atoms with van der Waals surface area (Å²) < 4.78 is 0. The molecular formula is C13H19ClN4O. The summed E-state index contributed by atoms with van der Waals surface area (Å²) >= 11 is 5.84. The fraction of sp³-hybridized carbons (Fsp3) is 0.615. The van der Waals surface area contributed by atoms with Crippen molar-refractivity contribution in [2.24, 2.45) is 17.6 Å². The Balaban J connectivity index is 1.94. The SMILES string of the molecule is Cc1cc(Cl)nc(NC(=O)C2CCC(CN)CC2)n1. The number of nitrogens with zero attached hydrogens (tertiary/aromatic N) is 2. The zero-order chi connectivity index (χ0) is 13.8. The van der Waals surface area contributed by atoms with Crippen LogP contribution in [-0.4, -0.2) is 22.4 Å². The van der Waals surface area contributed by atoms with Gasteiger partial charge in [0.2, 0.25) is 11.9 Å². The molecule has 1 aromatic rings. The summed E-state index contributed by atoms with van der Waals surface area (Å²) in [7, 11) is 0. The number of carbonyl (C=O) groups is 1. The second-order valence-corrected chi connectivity index (χ2v) is 5.49. The Morgan fingerprint density at radius 1 is 1.42 bits per heavy atom. The van der Waals surface area contributed by atoms with Crippen LogP contribution in [0.3, 0.4) is 0 Å². The van der Waals surface area contributed by atoms with Gasteiger partial charge in [0, 0.05) is 11.6 Å². The molecule has 0 unspecified atom stereocenters. The number of hydrogen-bond donors (Lipinski definition) is 2. The van der Waals surface area contributed by atoms with Crippen LogP contribution in [0.4, 0.5) is 5.95 Å². The van der Waals surface area contributed by atoms with E-state index in [1.165, 1.54) is 0 Å². The average Bonchev–Trinajstić information content (AvgIpc) is 2.37. The van der Waals surface area contributed by atoms with Gasteiger partial charge in [-0.2, -0.15) is 0 Å². The summed E-state index contributed by atoms with van der Waals surface area (Å²) in [6.45, 7) is 2.53. The van der Waals surface area contributed by atoms with Crippen LogP contribution < -0.4 is 11.1 Å². The predicted octanol–water partition coefficient (Wildman–Crippen LogP) is 2.14. The number of carbonyl (C=O) groups excluding carboxylic acids is 1. The second kappa shape index (κ2) is 6.30. The van der Waals surface area contributed by atoms with E-state index in [0.29, 0.717) is 17.6 Å². The number of halogens is 1. The third-order valence-electron chi connectivity index (χ3n) is 3.61. The zero-order valence-electron chi connectivity index (χ0n) is 11.0. The first-order chi connectivity index (χ1) is 9.08. The highest BCUT2D eigenvalue weighted by molar-refractivity contribution is 6.29. The highest BCUT2D eigenvalue weighted by Gasteiger charge is 2.26. The maximum atomic E-state index is 12.1. The molecule has 3 N–H and O–H groups in total. The Kier molecular flexibility index (Phi) is 4.71. The minimum absolute atomic E-state index is 0.0165. The van der Waals surface area contributed by atoms with Crippen molar-refractivity contribution in [1.29, 1.82) is 0 Å². The van der Waals surface area contributed by atoms with Crippen LogP contribution in [-0.2, 0) is 4.79 Å². The second-order valence-electron chi connectivity index (χ2n) is 5.10. The quantitative estimate of drug-likeness (QED) is 0.832. The zero-order valence-corrected chi connectivity index (χ0v) is 11.8. The fourth-order valence-electron chi connectivity index (χ4n) is 2.46. The monoisotopic (exact) mass is 282 g/mol. The number of aryl methyl sites for hydroxylation is 1. The number of hydrogen-bond acceptors (Lipinski definition) is 4. The van der Waals surface area contributed by atoms with Gasteiger partial charge in [-0.05, 0) is 51.1 Å². The smallest absolute Gasteiger partial charge is 0.231 e. The van der Waals surface area contributed by atoms with Crippen molar-refractivity contribution in [3.8, 4) is 0 Å². The molecule has 1 saturated carbocycles. The van der Waals surface area contributed by atoms with Crippen molar-refractivity contribution in [1.82, 2.24) is 9.97 Å². The van der Waals surface area contributed by atoms with Gasteiger partial charge < -0.3 is 5.73 Å². The van der Waals surface area contributed by atoms with Crippen LogP contribution in [0.1, 0.15) is 31.4 Å². The van der Waals surface area contributed by atoms with E-state index in [2.05, 4.69) is 15.3 Å². The van der Waals surface area contributed by atoms with Crippen molar-refractivity contribution in [2.45, 2.75) is 32.6 Å². The largest absolute Gasteiger partial charge is 0.330 e. The molecule has 1 aliphatic rings. The van der Waals surface area contributed by atoms with Gasteiger partial charge in [-0.1, -0.05) is 11.6 Å². The molecule has 1 fully saturated rings. The number of nitrogens with one attached hydrogen (secondary N) is 1. The van der Waals surface area contributed by atoms with E-state index in [9.17, 15) is 4.79 Å². The van der Waals surface area contributed by atoms with Gasteiger partial charge in [0.05, 0.1) is 0 Å². The topological polar surface area (TPSA) is 80.9 Å². The summed E-state index contributed by atoms with van der Waals surface area (Å²) in [6, 6.07) is 1.66.